The number of benzene rings is 1. The Morgan fingerprint density at radius 1 is 1.24 bits per heavy atom. The number of nitrogens with one attached hydrogen (secondary N) is 2. The molecule has 5 heteroatoms. The van der Waals surface area contributed by atoms with Crippen molar-refractivity contribution in [3.8, 4) is 11.3 Å². The second-order valence-electron chi connectivity index (χ2n) is 4.81. The van der Waals surface area contributed by atoms with Gasteiger partial charge in [-0.3, -0.25) is 9.59 Å². The molecule has 1 heterocycles. The monoisotopic (exact) mass is 286 g/mol. The van der Waals surface area contributed by atoms with Crippen molar-refractivity contribution in [1.29, 1.82) is 0 Å². The first kappa shape index (κ1) is 15.0. The third-order valence-electron chi connectivity index (χ3n) is 3.03. The third-order valence-corrected chi connectivity index (χ3v) is 3.03. The predicted octanol–water partition coefficient (Wildman–Crippen LogP) is 1.81. The topological polar surface area (TPSA) is 71.2 Å². The quantitative estimate of drug-likeness (QED) is 0.880. The SMILES string of the molecule is COC[C@@H](C)NC(=O)c1ccc(-c2ccccc2)[nH]c1=O. The summed E-state index contributed by atoms with van der Waals surface area (Å²) in [5.74, 6) is -0.402. The molecule has 0 aliphatic carbocycles. The van der Waals surface area contributed by atoms with Crippen LogP contribution in [0.5, 0.6) is 0 Å². The van der Waals surface area contributed by atoms with Crippen molar-refractivity contribution in [3.05, 3.63) is 58.4 Å². The van der Waals surface area contributed by atoms with Crippen molar-refractivity contribution in [1.82, 2.24) is 10.3 Å². The number of pyridine rings is 1. The molecule has 0 aliphatic rings. The second-order valence-corrected chi connectivity index (χ2v) is 4.81. The van der Waals surface area contributed by atoms with Crippen LogP contribution in [-0.4, -0.2) is 30.6 Å². The van der Waals surface area contributed by atoms with Gasteiger partial charge in [0, 0.05) is 18.8 Å². The minimum absolute atomic E-state index is 0.0950. The lowest BCUT2D eigenvalue weighted by molar-refractivity contribution is 0.0904. The summed E-state index contributed by atoms with van der Waals surface area (Å²) in [7, 11) is 1.56. The normalized spacial score (nSPS) is 11.9. The molecule has 0 aliphatic heterocycles. The van der Waals surface area contributed by atoms with Crippen LogP contribution >= 0.6 is 0 Å². The van der Waals surface area contributed by atoms with Crippen molar-refractivity contribution < 1.29 is 9.53 Å². The van der Waals surface area contributed by atoms with Crippen LogP contribution in [0.15, 0.2) is 47.3 Å². The van der Waals surface area contributed by atoms with Crippen LogP contribution in [0.3, 0.4) is 0 Å². The largest absolute Gasteiger partial charge is 0.383 e. The van der Waals surface area contributed by atoms with E-state index >= 15 is 0 Å². The molecule has 2 N–H and O–H groups in total. The Balaban J connectivity index is 2.20. The number of aromatic amines is 1. The number of hydrogen-bond acceptors (Lipinski definition) is 3. The summed E-state index contributed by atoms with van der Waals surface area (Å²) in [5, 5.41) is 2.71. The Hall–Kier alpha value is -2.40. The van der Waals surface area contributed by atoms with Crippen LogP contribution < -0.4 is 10.9 Å². The molecular weight excluding hydrogens is 268 g/mol. The van der Waals surface area contributed by atoms with Crippen LogP contribution in [-0.2, 0) is 4.74 Å². The summed E-state index contributed by atoms with van der Waals surface area (Å²) >= 11 is 0. The van der Waals surface area contributed by atoms with Crippen LogP contribution in [0.1, 0.15) is 17.3 Å². The number of amides is 1. The fourth-order valence-electron chi connectivity index (χ4n) is 2.03. The average Bonchev–Trinajstić information content (AvgIpc) is 2.48. The summed E-state index contributed by atoms with van der Waals surface area (Å²) < 4.78 is 4.95. The van der Waals surface area contributed by atoms with Gasteiger partial charge in [0.15, 0.2) is 0 Å². The second kappa shape index (κ2) is 6.85. The first-order valence-corrected chi connectivity index (χ1v) is 6.70. The van der Waals surface area contributed by atoms with Gasteiger partial charge >= 0.3 is 0 Å². The van der Waals surface area contributed by atoms with E-state index in [2.05, 4.69) is 10.3 Å². The molecule has 1 aromatic carbocycles. The molecule has 21 heavy (non-hydrogen) atoms. The molecule has 1 atom stereocenters. The third kappa shape index (κ3) is 3.79. The van der Waals surface area contributed by atoms with Gasteiger partial charge in [0.25, 0.3) is 11.5 Å². The number of methoxy groups -OCH3 is 1. The highest BCUT2D eigenvalue weighted by molar-refractivity contribution is 5.94. The van der Waals surface area contributed by atoms with E-state index in [-0.39, 0.29) is 11.6 Å². The maximum Gasteiger partial charge on any atom is 0.261 e. The predicted molar refractivity (Wildman–Crippen MR) is 81.3 cm³/mol. The minimum atomic E-state index is -0.404. The maximum atomic E-state index is 12.0. The van der Waals surface area contributed by atoms with Gasteiger partial charge < -0.3 is 15.0 Å². The van der Waals surface area contributed by atoms with Crippen LogP contribution in [0.2, 0.25) is 0 Å². The molecule has 0 radical (unpaired) electrons. The van der Waals surface area contributed by atoms with Crippen molar-refractivity contribution in [2.45, 2.75) is 13.0 Å². The molecule has 0 saturated heterocycles. The molecule has 2 rings (SSSR count). The fourth-order valence-corrected chi connectivity index (χ4v) is 2.03. The fraction of sp³-hybridized carbons (Fsp3) is 0.250. The van der Waals surface area contributed by atoms with Gasteiger partial charge in [-0.05, 0) is 24.6 Å². The van der Waals surface area contributed by atoms with Gasteiger partial charge in [-0.25, -0.2) is 0 Å². The molecule has 0 bridgehead atoms. The first-order valence-electron chi connectivity index (χ1n) is 6.70. The Morgan fingerprint density at radius 2 is 1.95 bits per heavy atom. The van der Waals surface area contributed by atoms with Gasteiger partial charge in [-0.15, -0.1) is 0 Å². The lowest BCUT2D eigenvalue weighted by atomic mass is 10.1. The Labute approximate surface area is 123 Å². The van der Waals surface area contributed by atoms with Gasteiger partial charge in [0.1, 0.15) is 5.56 Å². The van der Waals surface area contributed by atoms with Crippen LogP contribution in [0.4, 0.5) is 0 Å². The lowest BCUT2D eigenvalue weighted by Crippen LogP contribution is -2.38. The molecule has 110 valence electrons. The number of hydrogen-bond donors (Lipinski definition) is 2. The molecule has 5 nitrogen and oxygen atoms in total. The molecule has 1 amide bonds. The van der Waals surface area contributed by atoms with E-state index < -0.39 is 11.5 Å². The van der Waals surface area contributed by atoms with E-state index in [0.29, 0.717) is 12.3 Å². The van der Waals surface area contributed by atoms with E-state index in [1.165, 1.54) is 6.07 Å². The number of aromatic nitrogens is 1. The molecule has 0 unspecified atom stereocenters. The van der Waals surface area contributed by atoms with E-state index in [1.54, 1.807) is 13.2 Å². The highest BCUT2D eigenvalue weighted by Gasteiger charge is 2.13. The van der Waals surface area contributed by atoms with Crippen molar-refractivity contribution in [2.75, 3.05) is 13.7 Å². The zero-order valence-corrected chi connectivity index (χ0v) is 12.1. The zero-order chi connectivity index (χ0) is 15.2. The summed E-state index contributed by atoms with van der Waals surface area (Å²) in [6, 6.07) is 12.6. The highest BCUT2D eigenvalue weighted by atomic mass is 16.5. The molecule has 2 aromatic rings. The molecule has 0 fully saturated rings. The lowest BCUT2D eigenvalue weighted by Gasteiger charge is -2.12. The van der Waals surface area contributed by atoms with Gasteiger partial charge in [0.05, 0.1) is 6.61 Å². The molecule has 0 saturated carbocycles. The smallest absolute Gasteiger partial charge is 0.261 e. The first-order chi connectivity index (χ1) is 10.1. The molecular formula is C16H18N2O3. The summed E-state index contributed by atoms with van der Waals surface area (Å²) in [6.45, 7) is 2.21. The van der Waals surface area contributed by atoms with Crippen molar-refractivity contribution >= 4 is 5.91 Å². The van der Waals surface area contributed by atoms with E-state index in [0.717, 1.165) is 5.56 Å². The van der Waals surface area contributed by atoms with Gasteiger partial charge in [-0.2, -0.15) is 0 Å². The Morgan fingerprint density at radius 3 is 2.57 bits per heavy atom. The van der Waals surface area contributed by atoms with Crippen LogP contribution in [0, 0.1) is 0 Å². The molecule has 0 spiro atoms. The zero-order valence-electron chi connectivity index (χ0n) is 12.1. The van der Waals surface area contributed by atoms with Gasteiger partial charge in [-0.1, -0.05) is 30.3 Å². The number of rotatable bonds is 5. The number of ether oxygens (including phenoxy) is 1. The van der Waals surface area contributed by atoms with E-state index in [4.69, 9.17) is 4.74 Å². The Bertz CT molecular complexity index is 665. The summed E-state index contributed by atoms with van der Waals surface area (Å²) in [6.07, 6.45) is 0. The maximum absolute atomic E-state index is 12.0. The standard InChI is InChI=1S/C16H18N2O3/c1-11(10-21-2)17-15(19)13-8-9-14(18-16(13)20)12-6-4-3-5-7-12/h3-9,11H,10H2,1-2H3,(H,17,19)(H,18,20)/t11-/m1/s1. The molecule has 1 aromatic heterocycles. The number of carbonyl (C=O) groups excluding carboxylic acids is 1. The summed E-state index contributed by atoms with van der Waals surface area (Å²) in [5.41, 5.74) is 1.27. The Kier molecular flexibility index (Phi) is 4.90. The van der Waals surface area contributed by atoms with Crippen LogP contribution in [0.25, 0.3) is 11.3 Å². The average molecular weight is 286 g/mol. The highest BCUT2D eigenvalue weighted by Crippen LogP contribution is 2.14. The number of carbonyl (C=O) groups is 1. The summed E-state index contributed by atoms with van der Waals surface area (Å²) in [4.78, 5) is 26.8. The van der Waals surface area contributed by atoms with E-state index in [1.807, 2.05) is 37.3 Å². The number of H-pyrrole nitrogens is 1. The minimum Gasteiger partial charge on any atom is -0.383 e. The van der Waals surface area contributed by atoms with Gasteiger partial charge in [0.2, 0.25) is 0 Å². The van der Waals surface area contributed by atoms with E-state index in [9.17, 15) is 9.59 Å². The van der Waals surface area contributed by atoms with Crippen molar-refractivity contribution in [2.24, 2.45) is 0 Å². The van der Waals surface area contributed by atoms with Crippen molar-refractivity contribution in [3.63, 3.8) is 0 Å².